The fourth-order valence-corrected chi connectivity index (χ4v) is 1.81. The largest absolute Gasteiger partial charge is 0.375 e. The second-order valence-electron chi connectivity index (χ2n) is 3.39. The second kappa shape index (κ2) is 6.96. The Morgan fingerprint density at radius 2 is 1.94 bits per heavy atom. The van der Waals surface area contributed by atoms with E-state index in [0.717, 1.165) is 18.2 Å². The predicted molar refractivity (Wildman–Crippen MR) is 59.5 cm³/mol. The molecule has 0 saturated carbocycles. The highest BCUT2D eigenvalue weighted by molar-refractivity contribution is 9.09. The Labute approximate surface area is 105 Å². The summed E-state index contributed by atoms with van der Waals surface area (Å²) in [6.45, 7) is -0.596. The topological polar surface area (TPSA) is 9.23 Å². The lowest BCUT2D eigenvalue weighted by Gasteiger charge is -2.11. The number of benzene rings is 1. The molecule has 0 aliphatic carbocycles. The average molecular weight is 315 g/mol. The summed E-state index contributed by atoms with van der Waals surface area (Å²) in [5, 5.41) is 0. The summed E-state index contributed by atoms with van der Waals surface area (Å²) in [7, 11) is 0. The van der Waals surface area contributed by atoms with Gasteiger partial charge in [-0.25, -0.2) is 17.6 Å². The number of hydrogen-bond acceptors (Lipinski definition) is 1. The van der Waals surface area contributed by atoms with Crippen molar-refractivity contribution >= 4 is 15.9 Å². The van der Waals surface area contributed by atoms with Crippen molar-refractivity contribution in [3.05, 3.63) is 35.4 Å². The van der Waals surface area contributed by atoms with E-state index in [2.05, 4.69) is 20.7 Å². The molecule has 0 aromatic heterocycles. The van der Waals surface area contributed by atoms with Crippen molar-refractivity contribution in [3.63, 3.8) is 0 Å². The van der Waals surface area contributed by atoms with Crippen LogP contribution in [0.5, 0.6) is 0 Å². The molecule has 0 fully saturated rings. The van der Waals surface area contributed by atoms with E-state index in [4.69, 9.17) is 0 Å². The van der Waals surface area contributed by atoms with E-state index in [1.165, 1.54) is 0 Å². The van der Waals surface area contributed by atoms with E-state index in [-0.39, 0.29) is 18.6 Å². The standard InChI is InChI=1S/C11H11BrF4O/c12-9(3-4-17-6-11(15)16)8-5-7(13)1-2-10(8)14/h1-2,5,9,11H,3-4,6H2. The minimum atomic E-state index is -2.52. The van der Waals surface area contributed by atoms with Gasteiger partial charge in [0.15, 0.2) is 0 Å². The summed E-state index contributed by atoms with van der Waals surface area (Å²) in [6, 6.07) is 3.12. The molecule has 1 nitrogen and oxygen atoms in total. The van der Waals surface area contributed by atoms with Crippen LogP contribution in [0.15, 0.2) is 18.2 Å². The molecule has 0 bridgehead atoms. The summed E-state index contributed by atoms with van der Waals surface area (Å²) < 4.78 is 54.4. The van der Waals surface area contributed by atoms with Gasteiger partial charge in [0.05, 0.1) is 0 Å². The quantitative estimate of drug-likeness (QED) is 0.437. The molecule has 0 saturated heterocycles. The van der Waals surface area contributed by atoms with Crippen LogP contribution in [0.25, 0.3) is 0 Å². The lowest BCUT2D eigenvalue weighted by atomic mass is 10.1. The van der Waals surface area contributed by atoms with Crippen LogP contribution in [-0.2, 0) is 4.74 Å². The molecule has 1 aromatic rings. The maximum Gasteiger partial charge on any atom is 0.261 e. The molecule has 0 aliphatic heterocycles. The number of rotatable bonds is 6. The van der Waals surface area contributed by atoms with Crippen LogP contribution in [0.1, 0.15) is 16.8 Å². The zero-order valence-electron chi connectivity index (χ0n) is 8.81. The summed E-state index contributed by atoms with van der Waals surface area (Å²) in [4.78, 5) is -0.462. The zero-order chi connectivity index (χ0) is 12.8. The first kappa shape index (κ1) is 14.4. The molecule has 96 valence electrons. The Balaban J connectivity index is 2.46. The first-order valence-electron chi connectivity index (χ1n) is 4.95. The monoisotopic (exact) mass is 314 g/mol. The van der Waals surface area contributed by atoms with Crippen molar-refractivity contribution in [2.75, 3.05) is 13.2 Å². The number of halogens is 5. The normalized spacial score (nSPS) is 13.1. The molecule has 1 unspecified atom stereocenters. The third kappa shape index (κ3) is 5.04. The first-order valence-corrected chi connectivity index (χ1v) is 5.87. The van der Waals surface area contributed by atoms with E-state index < -0.39 is 29.5 Å². The van der Waals surface area contributed by atoms with Crippen LogP contribution in [0.3, 0.4) is 0 Å². The van der Waals surface area contributed by atoms with E-state index in [1.807, 2.05) is 0 Å². The highest BCUT2D eigenvalue weighted by Gasteiger charge is 2.14. The first-order chi connectivity index (χ1) is 8.00. The van der Waals surface area contributed by atoms with Gasteiger partial charge < -0.3 is 4.74 Å². The molecule has 0 spiro atoms. The third-order valence-corrected chi connectivity index (χ3v) is 3.01. The fourth-order valence-electron chi connectivity index (χ4n) is 1.27. The lowest BCUT2D eigenvalue weighted by Crippen LogP contribution is -2.07. The summed E-state index contributed by atoms with van der Waals surface area (Å²) in [5.41, 5.74) is 0.158. The van der Waals surface area contributed by atoms with Crippen molar-refractivity contribution in [2.45, 2.75) is 17.7 Å². The van der Waals surface area contributed by atoms with Gasteiger partial charge in [-0.3, -0.25) is 0 Å². The van der Waals surface area contributed by atoms with Crippen LogP contribution in [0, 0.1) is 11.6 Å². The van der Waals surface area contributed by atoms with Crippen molar-refractivity contribution < 1.29 is 22.3 Å². The number of alkyl halides is 3. The van der Waals surface area contributed by atoms with Gasteiger partial charge in [0.2, 0.25) is 0 Å². The van der Waals surface area contributed by atoms with Gasteiger partial charge >= 0.3 is 0 Å². The summed E-state index contributed by atoms with van der Waals surface area (Å²) in [6.07, 6.45) is -2.23. The molecule has 0 aliphatic rings. The second-order valence-corrected chi connectivity index (χ2v) is 4.49. The van der Waals surface area contributed by atoms with E-state index in [1.54, 1.807) is 0 Å². The molecular weight excluding hydrogens is 304 g/mol. The smallest absolute Gasteiger partial charge is 0.261 e. The Bertz CT molecular complexity index is 359. The molecular formula is C11H11BrF4O. The van der Waals surface area contributed by atoms with Crippen molar-refractivity contribution in [2.24, 2.45) is 0 Å². The van der Waals surface area contributed by atoms with E-state index in [0.29, 0.717) is 0 Å². The minimum absolute atomic E-state index is 0.0518. The molecule has 1 atom stereocenters. The average Bonchev–Trinajstić information content (AvgIpc) is 2.27. The van der Waals surface area contributed by atoms with Crippen LogP contribution in [-0.4, -0.2) is 19.6 Å². The maximum atomic E-state index is 13.3. The van der Waals surface area contributed by atoms with Crippen LogP contribution >= 0.6 is 15.9 Å². The molecule has 0 heterocycles. The Morgan fingerprint density at radius 1 is 1.24 bits per heavy atom. The molecule has 0 amide bonds. The fraction of sp³-hybridized carbons (Fsp3) is 0.455. The molecule has 6 heteroatoms. The van der Waals surface area contributed by atoms with Gasteiger partial charge in [-0.05, 0) is 24.6 Å². The van der Waals surface area contributed by atoms with Crippen molar-refractivity contribution in [1.82, 2.24) is 0 Å². The molecule has 0 radical (unpaired) electrons. The Hall–Kier alpha value is -0.620. The van der Waals surface area contributed by atoms with E-state index >= 15 is 0 Å². The molecule has 0 N–H and O–H groups in total. The van der Waals surface area contributed by atoms with Gasteiger partial charge in [-0.15, -0.1) is 0 Å². The Morgan fingerprint density at radius 3 is 2.59 bits per heavy atom. The van der Waals surface area contributed by atoms with Crippen LogP contribution in [0.2, 0.25) is 0 Å². The number of ether oxygens (including phenoxy) is 1. The molecule has 17 heavy (non-hydrogen) atoms. The Kier molecular flexibility index (Phi) is 5.91. The van der Waals surface area contributed by atoms with Crippen molar-refractivity contribution in [1.29, 1.82) is 0 Å². The third-order valence-electron chi connectivity index (χ3n) is 2.05. The van der Waals surface area contributed by atoms with Gasteiger partial charge in [0.25, 0.3) is 6.43 Å². The summed E-state index contributed by atoms with van der Waals surface area (Å²) >= 11 is 3.16. The van der Waals surface area contributed by atoms with Gasteiger partial charge in [-0.2, -0.15) is 0 Å². The highest BCUT2D eigenvalue weighted by Crippen LogP contribution is 2.29. The number of hydrogen-bond donors (Lipinski definition) is 0. The SMILES string of the molecule is Fc1ccc(F)c(C(Br)CCOCC(F)F)c1. The zero-order valence-corrected chi connectivity index (χ0v) is 10.4. The highest BCUT2D eigenvalue weighted by atomic mass is 79.9. The lowest BCUT2D eigenvalue weighted by molar-refractivity contribution is 0.0167. The predicted octanol–water partition coefficient (Wildman–Crippen LogP) is 4.07. The van der Waals surface area contributed by atoms with E-state index in [9.17, 15) is 17.6 Å². The minimum Gasteiger partial charge on any atom is -0.375 e. The van der Waals surface area contributed by atoms with Gasteiger partial charge in [-0.1, -0.05) is 15.9 Å². The van der Waals surface area contributed by atoms with Crippen LogP contribution in [0.4, 0.5) is 17.6 Å². The molecule has 1 rings (SSSR count). The van der Waals surface area contributed by atoms with Gasteiger partial charge in [0, 0.05) is 17.0 Å². The molecule has 1 aromatic carbocycles. The van der Waals surface area contributed by atoms with Gasteiger partial charge in [0.1, 0.15) is 18.2 Å². The van der Waals surface area contributed by atoms with Crippen LogP contribution < -0.4 is 0 Å². The van der Waals surface area contributed by atoms with Crippen molar-refractivity contribution in [3.8, 4) is 0 Å². The maximum absolute atomic E-state index is 13.3. The summed E-state index contributed by atoms with van der Waals surface area (Å²) in [5.74, 6) is -1.08.